The molecule has 1 aromatic heterocycles. The zero-order valence-corrected chi connectivity index (χ0v) is 47.2. The third-order valence-corrected chi connectivity index (χ3v) is 17.7. The summed E-state index contributed by atoms with van der Waals surface area (Å²) in [7, 11) is 0. The molecule has 4 heterocycles. The predicted octanol–water partition coefficient (Wildman–Crippen LogP) is 12.5. The number of thioether (sulfide) groups is 1. The number of rotatable bonds is 19. The van der Waals surface area contributed by atoms with Gasteiger partial charge in [-0.15, -0.1) is 23.1 Å². The first kappa shape index (κ1) is 55.0. The highest BCUT2D eigenvalue weighted by Crippen LogP contribution is 2.45. The van der Waals surface area contributed by atoms with E-state index in [-0.39, 0.29) is 18.0 Å². The standard InChI is InChI=1S/C69H58N6O7S2/c76-62(71-59-63(77)75-45-50(46-80-67(79)74-43-25-26-44-74)61(84-64(59)75)65(78)81-60(48-27-9-1-10-28-48)49-29-11-2-12-30-49)58(73-82-69(54-37-19-6-20-38-54,55-39-21-7-22-40-55)56-41-23-8-24-42-56)57-47-83-66(70-57)72-68(51-31-13-3-14-32-51,52-33-15-4-16-34-52)53-35-17-5-18-36-53/h1-24,27-42,45,47,59-61,64H,25-26,43-44,46H2,(H,70,72)(H,71,76)/t59?,61?,64-/m1/s1. The summed E-state index contributed by atoms with van der Waals surface area (Å²) in [5.74, 6) is -1.82. The van der Waals surface area contributed by atoms with Crippen LogP contribution in [0.1, 0.15) is 69.1 Å². The van der Waals surface area contributed by atoms with Gasteiger partial charge in [0.15, 0.2) is 16.9 Å². The Kier molecular flexibility index (Phi) is 16.3. The Hall–Kier alpha value is -9.57. The predicted molar refractivity (Wildman–Crippen MR) is 327 cm³/mol. The minimum absolute atomic E-state index is 0.169. The molecule has 3 aliphatic heterocycles. The summed E-state index contributed by atoms with van der Waals surface area (Å²) in [5, 5.41) is 12.1. The van der Waals surface area contributed by atoms with E-state index in [0.717, 1.165) is 69.1 Å². The van der Waals surface area contributed by atoms with E-state index >= 15 is 4.79 Å². The van der Waals surface area contributed by atoms with E-state index in [9.17, 15) is 14.4 Å². The SMILES string of the molecule is O=C(NC1C(=O)N2C=C(COC(=O)N3CCCC3)C(C(=O)OC(c3ccccc3)c3ccccc3)S[C@H]12)C(=NOC(c1ccccc1)(c1ccccc1)c1ccccc1)c1csc(NC(c2ccccc2)(c2ccccc2)c2ccccc2)n1. The van der Waals surface area contributed by atoms with Gasteiger partial charge in [-0.3, -0.25) is 14.4 Å². The third-order valence-electron chi connectivity index (χ3n) is 15.4. The van der Waals surface area contributed by atoms with Crippen molar-refractivity contribution in [2.24, 2.45) is 5.16 Å². The molecule has 2 N–H and O–H groups in total. The van der Waals surface area contributed by atoms with E-state index < -0.39 is 57.8 Å². The Bertz CT molecular complexity index is 3550. The van der Waals surface area contributed by atoms with E-state index in [1.54, 1.807) is 16.5 Å². The van der Waals surface area contributed by atoms with Crippen LogP contribution in [0, 0.1) is 0 Å². The zero-order chi connectivity index (χ0) is 57.3. The number of hydrogen-bond donors (Lipinski definition) is 2. The van der Waals surface area contributed by atoms with Crippen molar-refractivity contribution in [2.75, 3.05) is 25.0 Å². The molecule has 0 saturated carbocycles. The van der Waals surface area contributed by atoms with Crippen LogP contribution in [0.2, 0.25) is 0 Å². The fourth-order valence-electron chi connectivity index (χ4n) is 11.2. The lowest BCUT2D eigenvalue weighted by Gasteiger charge is -2.48. The molecule has 3 aliphatic rings. The second-order valence-electron chi connectivity index (χ2n) is 20.5. The van der Waals surface area contributed by atoms with Crippen molar-refractivity contribution >= 4 is 57.8 Å². The van der Waals surface area contributed by atoms with Crippen LogP contribution >= 0.6 is 23.1 Å². The van der Waals surface area contributed by atoms with Gasteiger partial charge < -0.3 is 34.7 Å². The Morgan fingerprint density at radius 2 is 1.05 bits per heavy atom. The molecule has 3 amide bonds. The van der Waals surface area contributed by atoms with Crippen molar-refractivity contribution in [1.29, 1.82) is 0 Å². The number of amides is 3. The third kappa shape index (κ3) is 11.1. The lowest BCUT2D eigenvalue weighted by molar-refractivity contribution is -0.148. The maximum Gasteiger partial charge on any atom is 0.410 e. The number of carbonyl (C=O) groups excluding carboxylic acids is 4. The molecule has 0 bridgehead atoms. The number of nitrogens with one attached hydrogen (secondary N) is 2. The average molecular weight is 1150 g/mol. The lowest BCUT2D eigenvalue weighted by atomic mass is 9.77. The van der Waals surface area contributed by atoms with Crippen LogP contribution in [0.3, 0.4) is 0 Å². The number of benzene rings is 8. The van der Waals surface area contributed by atoms with E-state index in [1.807, 2.05) is 206 Å². The summed E-state index contributed by atoms with van der Waals surface area (Å²) >= 11 is 2.43. The number of nitrogens with zero attached hydrogens (tertiary/aromatic N) is 4. The van der Waals surface area contributed by atoms with Gasteiger partial charge in [0.05, 0.1) is 0 Å². The lowest BCUT2D eigenvalue weighted by Crippen LogP contribution is -2.70. The number of hydrogen-bond acceptors (Lipinski definition) is 12. The largest absolute Gasteiger partial charge is 0.451 e. The quantitative estimate of drug-likeness (QED) is 0.0263. The molecule has 13 nitrogen and oxygen atoms in total. The summed E-state index contributed by atoms with van der Waals surface area (Å²) in [6.45, 7) is 0.870. The second kappa shape index (κ2) is 24.9. The first-order valence-electron chi connectivity index (χ1n) is 27.8. The van der Waals surface area contributed by atoms with Crippen molar-refractivity contribution in [3.8, 4) is 0 Å². The smallest absolute Gasteiger partial charge is 0.410 e. The molecule has 0 spiro atoms. The molecule has 15 heteroatoms. The van der Waals surface area contributed by atoms with Crippen LogP contribution in [0.5, 0.6) is 0 Å². The normalized spacial score (nSPS) is 16.9. The number of aromatic nitrogens is 1. The summed E-state index contributed by atoms with van der Waals surface area (Å²) in [5.41, 5.74) is 4.53. The number of ether oxygens (including phenoxy) is 2. The van der Waals surface area contributed by atoms with Crippen LogP contribution in [0.25, 0.3) is 0 Å². The first-order chi connectivity index (χ1) is 41.3. The van der Waals surface area contributed by atoms with Crippen molar-refractivity contribution in [3.05, 3.63) is 310 Å². The monoisotopic (exact) mass is 1150 g/mol. The van der Waals surface area contributed by atoms with E-state index in [0.29, 0.717) is 23.8 Å². The van der Waals surface area contributed by atoms with Crippen LogP contribution < -0.4 is 10.6 Å². The highest BCUT2D eigenvalue weighted by Gasteiger charge is 2.54. The van der Waals surface area contributed by atoms with Gasteiger partial charge >= 0.3 is 12.1 Å². The van der Waals surface area contributed by atoms with Crippen molar-refractivity contribution in [2.45, 2.75) is 46.8 Å². The second-order valence-corrected chi connectivity index (χ2v) is 22.6. The molecular formula is C69H58N6O7S2. The number of thiazole rings is 1. The van der Waals surface area contributed by atoms with Gasteiger partial charge in [0.1, 0.15) is 34.5 Å². The average Bonchev–Trinajstić information content (AvgIpc) is 1.44. The summed E-state index contributed by atoms with van der Waals surface area (Å²) < 4.78 is 12.3. The Balaban J connectivity index is 0.924. The molecule has 2 saturated heterocycles. The van der Waals surface area contributed by atoms with Crippen LogP contribution in [0.4, 0.5) is 9.93 Å². The Labute approximate surface area is 495 Å². The molecule has 418 valence electrons. The van der Waals surface area contributed by atoms with Crippen LogP contribution in [-0.2, 0) is 39.8 Å². The van der Waals surface area contributed by atoms with E-state index in [4.69, 9.17) is 24.5 Å². The highest BCUT2D eigenvalue weighted by atomic mass is 32.2. The summed E-state index contributed by atoms with van der Waals surface area (Å²) in [4.78, 5) is 73.6. The maximum absolute atomic E-state index is 15.6. The van der Waals surface area contributed by atoms with Gasteiger partial charge in [-0.05, 0) is 40.7 Å². The topological polar surface area (TPSA) is 152 Å². The highest BCUT2D eigenvalue weighted by molar-refractivity contribution is 8.01. The number of esters is 1. The fourth-order valence-corrected chi connectivity index (χ4v) is 13.3. The minimum atomic E-state index is -1.40. The fraction of sp³-hybridized carbons (Fsp3) is 0.159. The van der Waals surface area contributed by atoms with Crippen molar-refractivity contribution in [3.63, 3.8) is 0 Å². The number of fused-ring (bicyclic) bond motifs is 1. The van der Waals surface area contributed by atoms with Gasteiger partial charge in [0.25, 0.3) is 11.8 Å². The summed E-state index contributed by atoms with van der Waals surface area (Å²) in [6.07, 6.45) is 2.00. The van der Waals surface area contributed by atoms with E-state index in [2.05, 4.69) is 47.0 Å². The van der Waals surface area contributed by atoms with Crippen LogP contribution in [0.15, 0.2) is 265 Å². The molecule has 0 aliphatic carbocycles. The molecule has 0 radical (unpaired) electrons. The van der Waals surface area contributed by atoms with Crippen molar-refractivity contribution < 1.29 is 33.5 Å². The van der Waals surface area contributed by atoms with E-state index in [1.165, 1.54) is 16.2 Å². The van der Waals surface area contributed by atoms with Crippen LogP contribution in [-0.4, -0.2) is 80.7 Å². The van der Waals surface area contributed by atoms with Gasteiger partial charge in [-0.1, -0.05) is 248 Å². The number of β-lactam (4-membered cyclic amide) rings is 1. The molecule has 12 rings (SSSR count). The molecular weight excluding hydrogens is 1090 g/mol. The zero-order valence-electron chi connectivity index (χ0n) is 45.6. The van der Waals surface area contributed by atoms with Gasteiger partial charge in [0.2, 0.25) is 5.60 Å². The Morgan fingerprint density at radius 1 is 0.607 bits per heavy atom. The number of likely N-dealkylation sites (tertiary alicyclic amines) is 1. The van der Waals surface area contributed by atoms with Crippen molar-refractivity contribution in [1.82, 2.24) is 20.1 Å². The Morgan fingerprint density at radius 3 is 1.51 bits per heavy atom. The molecule has 84 heavy (non-hydrogen) atoms. The summed E-state index contributed by atoms with van der Waals surface area (Å²) in [6, 6.07) is 77.2. The molecule has 3 atom stereocenters. The molecule has 2 unspecified atom stereocenters. The molecule has 8 aromatic carbocycles. The molecule has 9 aromatic rings. The number of anilines is 1. The van der Waals surface area contributed by atoms with Gasteiger partial charge in [0, 0.05) is 46.9 Å². The molecule has 2 fully saturated rings. The van der Waals surface area contributed by atoms with Gasteiger partial charge in [-0.2, -0.15) is 0 Å². The number of oxime groups is 1. The minimum Gasteiger partial charge on any atom is -0.451 e. The van der Waals surface area contributed by atoms with Gasteiger partial charge in [-0.25, -0.2) is 9.78 Å². The maximum atomic E-state index is 15.6. The number of carbonyl (C=O) groups is 4. The first-order valence-corrected chi connectivity index (χ1v) is 29.7.